The summed E-state index contributed by atoms with van der Waals surface area (Å²) in [6.45, 7) is 0. The first kappa shape index (κ1) is 13.4. The van der Waals surface area contributed by atoms with Gasteiger partial charge in [-0.1, -0.05) is 56.0 Å². The van der Waals surface area contributed by atoms with Crippen molar-refractivity contribution in [2.45, 2.75) is 50.6 Å². The van der Waals surface area contributed by atoms with E-state index in [1.165, 1.54) is 44.1 Å². The van der Waals surface area contributed by atoms with Gasteiger partial charge in [-0.3, -0.25) is 0 Å². The number of benzene rings is 1. The SMILES string of the molecule is c1ccc(C(NC2CCCCCC2)c2ccco2)cc1. The molecule has 1 aromatic heterocycles. The molecule has 2 aromatic rings. The van der Waals surface area contributed by atoms with Crippen LogP contribution in [0.15, 0.2) is 53.1 Å². The number of hydrogen-bond donors (Lipinski definition) is 1. The van der Waals surface area contributed by atoms with Crippen LogP contribution in [0.2, 0.25) is 0 Å². The Morgan fingerprint density at radius 2 is 1.65 bits per heavy atom. The quantitative estimate of drug-likeness (QED) is 0.815. The van der Waals surface area contributed by atoms with Gasteiger partial charge in [0, 0.05) is 6.04 Å². The van der Waals surface area contributed by atoms with Gasteiger partial charge in [0.2, 0.25) is 0 Å². The van der Waals surface area contributed by atoms with Crippen LogP contribution in [-0.2, 0) is 0 Å². The van der Waals surface area contributed by atoms with Gasteiger partial charge in [-0.25, -0.2) is 0 Å². The molecular formula is C18H23NO. The van der Waals surface area contributed by atoms with Crippen molar-refractivity contribution in [1.29, 1.82) is 0 Å². The van der Waals surface area contributed by atoms with Crippen LogP contribution in [0.1, 0.15) is 55.9 Å². The number of furan rings is 1. The van der Waals surface area contributed by atoms with E-state index in [0.29, 0.717) is 6.04 Å². The van der Waals surface area contributed by atoms with Gasteiger partial charge < -0.3 is 9.73 Å². The Balaban J connectivity index is 1.79. The lowest BCUT2D eigenvalue weighted by Gasteiger charge is -2.24. The molecule has 20 heavy (non-hydrogen) atoms. The molecule has 1 fully saturated rings. The normalized spacial score (nSPS) is 18.6. The predicted octanol–water partition coefficient (Wildman–Crippen LogP) is 4.68. The molecule has 3 rings (SSSR count). The van der Waals surface area contributed by atoms with Crippen molar-refractivity contribution >= 4 is 0 Å². The molecule has 1 aromatic carbocycles. The molecule has 0 aliphatic heterocycles. The highest BCUT2D eigenvalue weighted by Gasteiger charge is 2.21. The summed E-state index contributed by atoms with van der Waals surface area (Å²) >= 11 is 0. The van der Waals surface area contributed by atoms with Crippen molar-refractivity contribution in [3.63, 3.8) is 0 Å². The molecular weight excluding hydrogens is 246 g/mol. The topological polar surface area (TPSA) is 25.2 Å². The summed E-state index contributed by atoms with van der Waals surface area (Å²) in [5.41, 5.74) is 1.28. The van der Waals surface area contributed by atoms with Gasteiger partial charge in [-0.15, -0.1) is 0 Å². The average Bonchev–Trinajstić information content (AvgIpc) is 2.90. The molecule has 0 spiro atoms. The van der Waals surface area contributed by atoms with Gasteiger partial charge >= 0.3 is 0 Å². The van der Waals surface area contributed by atoms with Crippen LogP contribution < -0.4 is 5.32 Å². The minimum Gasteiger partial charge on any atom is -0.467 e. The highest BCUT2D eigenvalue weighted by atomic mass is 16.3. The first-order valence-corrected chi connectivity index (χ1v) is 7.78. The van der Waals surface area contributed by atoms with E-state index in [2.05, 4.69) is 41.7 Å². The molecule has 1 aliphatic rings. The molecule has 0 amide bonds. The Kier molecular flexibility index (Phi) is 4.54. The third-order valence-corrected chi connectivity index (χ3v) is 4.22. The van der Waals surface area contributed by atoms with Gasteiger partial charge in [0.25, 0.3) is 0 Å². The Morgan fingerprint density at radius 3 is 2.30 bits per heavy atom. The zero-order valence-electron chi connectivity index (χ0n) is 11.9. The minimum atomic E-state index is 0.175. The second-order valence-electron chi connectivity index (χ2n) is 5.71. The summed E-state index contributed by atoms with van der Waals surface area (Å²) in [7, 11) is 0. The fourth-order valence-corrected chi connectivity index (χ4v) is 3.13. The van der Waals surface area contributed by atoms with Crippen molar-refractivity contribution in [2.24, 2.45) is 0 Å². The first-order chi connectivity index (χ1) is 9.93. The first-order valence-electron chi connectivity index (χ1n) is 7.78. The van der Waals surface area contributed by atoms with Gasteiger partial charge in [0.1, 0.15) is 5.76 Å². The largest absolute Gasteiger partial charge is 0.467 e. The maximum absolute atomic E-state index is 5.66. The lowest BCUT2D eigenvalue weighted by atomic mass is 10.0. The van der Waals surface area contributed by atoms with E-state index in [9.17, 15) is 0 Å². The second kappa shape index (κ2) is 6.76. The molecule has 1 saturated carbocycles. The number of rotatable bonds is 4. The number of nitrogens with one attached hydrogen (secondary N) is 1. The van der Waals surface area contributed by atoms with Gasteiger partial charge in [0.15, 0.2) is 0 Å². The van der Waals surface area contributed by atoms with Crippen molar-refractivity contribution in [2.75, 3.05) is 0 Å². The molecule has 2 heteroatoms. The summed E-state index contributed by atoms with van der Waals surface area (Å²) in [4.78, 5) is 0. The molecule has 1 atom stereocenters. The van der Waals surface area contributed by atoms with Gasteiger partial charge in [-0.05, 0) is 30.5 Å². The molecule has 0 radical (unpaired) electrons. The molecule has 1 heterocycles. The third kappa shape index (κ3) is 3.31. The van der Waals surface area contributed by atoms with Crippen LogP contribution in [0.3, 0.4) is 0 Å². The van der Waals surface area contributed by atoms with Crippen LogP contribution in [0.5, 0.6) is 0 Å². The molecule has 106 valence electrons. The molecule has 2 nitrogen and oxygen atoms in total. The maximum Gasteiger partial charge on any atom is 0.125 e. The highest BCUT2D eigenvalue weighted by Crippen LogP contribution is 2.26. The molecule has 1 aliphatic carbocycles. The summed E-state index contributed by atoms with van der Waals surface area (Å²) < 4.78 is 5.66. The van der Waals surface area contributed by atoms with E-state index in [0.717, 1.165) is 5.76 Å². The van der Waals surface area contributed by atoms with E-state index < -0.39 is 0 Å². The van der Waals surface area contributed by atoms with Crippen LogP contribution in [-0.4, -0.2) is 6.04 Å². The lowest BCUT2D eigenvalue weighted by molar-refractivity contribution is 0.380. The van der Waals surface area contributed by atoms with Gasteiger partial charge in [-0.2, -0.15) is 0 Å². The van der Waals surface area contributed by atoms with Crippen molar-refractivity contribution < 1.29 is 4.42 Å². The minimum absolute atomic E-state index is 0.175. The monoisotopic (exact) mass is 269 g/mol. The Hall–Kier alpha value is -1.54. The Morgan fingerprint density at radius 1 is 0.900 bits per heavy atom. The van der Waals surface area contributed by atoms with Gasteiger partial charge in [0.05, 0.1) is 12.3 Å². The zero-order chi connectivity index (χ0) is 13.6. The molecule has 0 bridgehead atoms. The zero-order valence-corrected chi connectivity index (χ0v) is 11.9. The summed E-state index contributed by atoms with van der Waals surface area (Å²) in [5.74, 6) is 1.01. The predicted molar refractivity (Wildman–Crippen MR) is 81.6 cm³/mol. The smallest absolute Gasteiger partial charge is 0.125 e. The van der Waals surface area contributed by atoms with E-state index in [-0.39, 0.29) is 6.04 Å². The average molecular weight is 269 g/mol. The van der Waals surface area contributed by atoms with Crippen LogP contribution in [0.4, 0.5) is 0 Å². The van der Waals surface area contributed by atoms with E-state index in [1.54, 1.807) is 6.26 Å². The summed E-state index contributed by atoms with van der Waals surface area (Å²) in [5, 5.41) is 3.82. The summed E-state index contributed by atoms with van der Waals surface area (Å²) in [6.07, 6.45) is 9.78. The van der Waals surface area contributed by atoms with E-state index in [4.69, 9.17) is 4.42 Å². The van der Waals surface area contributed by atoms with Crippen molar-refractivity contribution in [3.05, 3.63) is 60.1 Å². The highest BCUT2D eigenvalue weighted by molar-refractivity contribution is 5.26. The fourth-order valence-electron chi connectivity index (χ4n) is 3.13. The molecule has 0 saturated heterocycles. The van der Waals surface area contributed by atoms with E-state index in [1.807, 2.05) is 6.07 Å². The second-order valence-corrected chi connectivity index (χ2v) is 5.71. The van der Waals surface area contributed by atoms with E-state index >= 15 is 0 Å². The summed E-state index contributed by atoms with van der Waals surface area (Å²) in [6, 6.07) is 15.4. The lowest BCUT2D eigenvalue weighted by Crippen LogP contribution is -2.33. The molecule has 1 unspecified atom stereocenters. The third-order valence-electron chi connectivity index (χ3n) is 4.22. The fraction of sp³-hybridized carbons (Fsp3) is 0.444. The van der Waals surface area contributed by atoms with Crippen molar-refractivity contribution in [3.8, 4) is 0 Å². The van der Waals surface area contributed by atoms with Crippen LogP contribution in [0.25, 0.3) is 0 Å². The van der Waals surface area contributed by atoms with Crippen molar-refractivity contribution in [1.82, 2.24) is 5.32 Å². The number of hydrogen-bond acceptors (Lipinski definition) is 2. The maximum atomic E-state index is 5.66. The van der Waals surface area contributed by atoms with Crippen LogP contribution in [0, 0.1) is 0 Å². The van der Waals surface area contributed by atoms with Crippen LogP contribution >= 0.6 is 0 Å². The Labute approximate surface area is 121 Å². The molecule has 1 N–H and O–H groups in total. The standard InChI is InChI=1S/C18H23NO/c1-2-7-12-16(11-6-1)19-18(17-13-8-14-20-17)15-9-4-3-5-10-15/h3-5,8-10,13-14,16,18-19H,1-2,6-7,11-12H2. The Bertz CT molecular complexity index is 483.